The molecule has 0 radical (unpaired) electrons. The summed E-state index contributed by atoms with van der Waals surface area (Å²) in [4.78, 5) is 12.6. The Labute approximate surface area is 129 Å². The lowest BCUT2D eigenvalue weighted by atomic mass is 9.85. The maximum atomic E-state index is 12.6. The van der Waals surface area contributed by atoms with Gasteiger partial charge in [-0.15, -0.1) is 0 Å². The number of nitrogens with one attached hydrogen (secondary N) is 1. The van der Waals surface area contributed by atoms with Gasteiger partial charge in [0.1, 0.15) is 5.69 Å². The Morgan fingerprint density at radius 3 is 2.90 bits per heavy atom. The Bertz CT molecular complexity index is 585. The molecule has 1 aliphatic carbocycles. The van der Waals surface area contributed by atoms with Crippen LogP contribution in [0.5, 0.6) is 0 Å². The molecule has 2 heterocycles. The summed E-state index contributed by atoms with van der Waals surface area (Å²) >= 11 is 6.19. The molecule has 2 fully saturated rings. The monoisotopic (exact) mass is 311 g/mol. The van der Waals surface area contributed by atoms with Crippen LogP contribution < -0.4 is 10.9 Å². The molecule has 1 saturated carbocycles. The van der Waals surface area contributed by atoms with E-state index in [0.29, 0.717) is 29.8 Å². The molecule has 2 unspecified atom stereocenters. The van der Waals surface area contributed by atoms with Gasteiger partial charge in [0, 0.05) is 13.2 Å². The van der Waals surface area contributed by atoms with Crippen LogP contribution in [0.3, 0.4) is 0 Å². The Kier molecular flexibility index (Phi) is 3.97. The van der Waals surface area contributed by atoms with Crippen molar-refractivity contribution < 1.29 is 4.74 Å². The van der Waals surface area contributed by atoms with Crippen LogP contribution in [-0.2, 0) is 11.3 Å². The topological polar surface area (TPSA) is 56.1 Å². The van der Waals surface area contributed by atoms with Gasteiger partial charge in [-0.25, -0.2) is 4.68 Å². The molecule has 0 bridgehead atoms. The first-order valence-corrected chi connectivity index (χ1v) is 8.03. The third-order valence-corrected chi connectivity index (χ3v) is 5.24. The third-order valence-electron chi connectivity index (χ3n) is 4.95. The number of anilines is 1. The smallest absolute Gasteiger partial charge is 0.291 e. The number of aromatic nitrogens is 2. The quantitative estimate of drug-likeness (QED) is 0.929. The Morgan fingerprint density at radius 1 is 1.57 bits per heavy atom. The first-order valence-electron chi connectivity index (χ1n) is 7.65. The molecule has 6 heteroatoms. The average Bonchev–Trinajstić information content (AvgIpc) is 2.72. The molecule has 3 rings (SSSR count). The molecular formula is C15H22ClN3O2. The fourth-order valence-corrected chi connectivity index (χ4v) is 3.09. The molecule has 1 aromatic rings. The highest BCUT2D eigenvalue weighted by Crippen LogP contribution is 2.31. The first kappa shape index (κ1) is 14.9. The van der Waals surface area contributed by atoms with Crippen molar-refractivity contribution in [2.45, 2.75) is 57.7 Å². The van der Waals surface area contributed by atoms with E-state index in [1.807, 2.05) is 6.92 Å². The van der Waals surface area contributed by atoms with Crippen molar-refractivity contribution in [3.8, 4) is 0 Å². The van der Waals surface area contributed by atoms with Gasteiger partial charge in [0.2, 0.25) is 0 Å². The van der Waals surface area contributed by atoms with E-state index >= 15 is 0 Å². The lowest BCUT2D eigenvalue weighted by molar-refractivity contribution is 0.105. The van der Waals surface area contributed by atoms with Crippen molar-refractivity contribution in [3.63, 3.8) is 0 Å². The highest BCUT2D eigenvalue weighted by molar-refractivity contribution is 6.33. The van der Waals surface area contributed by atoms with Gasteiger partial charge in [0.15, 0.2) is 0 Å². The summed E-state index contributed by atoms with van der Waals surface area (Å²) in [6, 6.07) is 0. The van der Waals surface area contributed by atoms with Gasteiger partial charge in [0.05, 0.1) is 22.9 Å². The van der Waals surface area contributed by atoms with Crippen LogP contribution in [0.4, 0.5) is 5.69 Å². The van der Waals surface area contributed by atoms with E-state index in [1.165, 1.54) is 19.3 Å². The zero-order valence-electron chi connectivity index (χ0n) is 12.6. The van der Waals surface area contributed by atoms with E-state index in [4.69, 9.17) is 16.3 Å². The minimum absolute atomic E-state index is 0.0428. The molecule has 0 spiro atoms. The first-order chi connectivity index (χ1) is 9.99. The number of hydrogen-bond donors (Lipinski definition) is 1. The summed E-state index contributed by atoms with van der Waals surface area (Å²) in [5.41, 5.74) is 0.0545. The van der Waals surface area contributed by atoms with Crippen molar-refractivity contribution >= 4 is 17.3 Å². The molecule has 1 aromatic heterocycles. The number of hydrogen-bond acceptors (Lipinski definition) is 4. The highest BCUT2D eigenvalue weighted by Gasteiger charge is 2.38. The maximum Gasteiger partial charge on any atom is 0.291 e. The lowest BCUT2D eigenvalue weighted by Crippen LogP contribution is -2.44. The Morgan fingerprint density at radius 2 is 2.33 bits per heavy atom. The molecule has 0 aromatic carbocycles. The Balaban J connectivity index is 1.86. The fraction of sp³-hybridized carbons (Fsp3) is 0.733. The van der Waals surface area contributed by atoms with Gasteiger partial charge in [-0.2, -0.15) is 5.10 Å². The Hall–Kier alpha value is -1.07. The molecule has 1 saturated heterocycles. The highest BCUT2D eigenvalue weighted by atomic mass is 35.5. The van der Waals surface area contributed by atoms with Gasteiger partial charge in [-0.3, -0.25) is 4.79 Å². The van der Waals surface area contributed by atoms with Crippen molar-refractivity contribution in [1.82, 2.24) is 9.78 Å². The lowest BCUT2D eigenvalue weighted by Gasteiger charge is -2.30. The predicted molar refractivity (Wildman–Crippen MR) is 82.9 cm³/mol. The van der Waals surface area contributed by atoms with Crippen molar-refractivity contribution in [3.05, 3.63) is 21.6 Å². The summed E-state index contributed by atoms with van der Waals surface area (Å²) in [5.74, 6) is 0.577. The summed E-state index contributed by atoms with van der Waals surface area (Å²) < 4.78 is 7.16. The van der Waals surface area contributed by atoms with Gasteiger partial charge >= 0.3 is 0 Å². The van der Waals surface area contributed by atoms with Crippen LogP contribution in [-0.4, -0.2) is 28.0 Å². The van der Waals surface area contributed by atoms with Gasteiger partial charge in [-0.1, -0.05) is 18.0 Å². The summed E-state index contributed by atoms with van der Waals surface area (Å²) in [5, 5.41) is 7.88. The van der Waals surface area contributed by atoms with E-state index in [1.54, 1.807) is 10.9 Å². The zero-order chi connectivity index (χ0) is 15.0. The van der Waals surface area contributed by atoms with Crippen LogP contribution in [0.15, 0.2) is 11.0 Å². The fourth-order valence-electron chi connectivity index (χ4n) is 2.92. The molecule has 5 nitrogen and oxygen atoms in total. The van der Waals surface area contributed by atoms with E-state index < -0.39 is 0 Å². The van der Waals surface area contributed by atoms with Crippen LogP contribution in [0, 0.1) is 5.92 Å². The van der Waals surface area contributed by atoms with Gasteiger partial charge < -0.3 is 10.1 Å². The average molecular weight is 312 g/mol. The number of nitrogens with zero attached hydrogens (tertiary/aromatic N) is 2. The van der Waals surface area contributed by atoms with Gasteiger partial charge in [0.25, 0.3) is 5.56 Å². The second kappa shape index (κ2) is 5.61. The minimum Gasteiger partial charge on any atom is -0.376 e. The van der Waals surface area contributed by atoms with Crippen LogP contribution >= 0.6 is 11.6 Å². The normalized spacial score (nSPS) is 29.4. The molecular weight excluding hydrogens is 290 g/mol. The second-order valence-electron chi connectivity index (χ2n) is 6.46. The molecule has 0 amide bonds. The van der Waals surface area contributed by atoms with Crippen molar-refractivity contribution in [1.29, 1.82) is 0 Å². The largest absolute Gasteiger partial charge is 0.376 e. The summed E-state index contributed by atoms with van der Waals surface area (Å²) in [6.45, 7) is 5.47. The number of rotatable bonds is 4. The molecule has 116 valence electrons. The van der Waals surface area contributed by atoms with E-state index in [-0.39, 0.29) is 17.2 Å². The number of ether oxygens (including phenoxy) is 1. The third kappa shape index (κ3) is 2.81. The second-order valence-corrected chi connectivity index (χ2v) is 6.86. The predicted octanol–water partition coefficient (Wildman–Crippen LogP) is 2.68. The van der Waals surface area contributed by atoms with Crippen molar-refractivity contribution in [2.24, 2.45) is 5.92 Å². The molecule has 21 heavy (non-hydrogen) atoms. The molecule has 2 atom stereocenters. The molecule has 2 aliphatic rings. The van der Waals surface area contributed by atoms with Crippen LogP contribution in [0.2, 0.25) is 5.02 Å². The minimum atomic E-state index is -0.265. The number of halogens is 1. The van der Waals surface area contributed by atoms with E-state index in [2.05, 4.69) is 17.3 Å². The summed E-state index contributed by atoms with van der Waals surface area (Å²) in [7, 11) is 0. The van der Waals surface area contributed by atoms with E-state index in [9.17, 15) is 4.79 Å². The standard InChI is InChI=1S/C15H22ClN3O2/c1-10-15(2,6-7-21-10)18-13-12(16)8-17-19(14(13)20)9-11-4-3-5-11/h8,10-11,18H,3-7,9H2,1-2H3. The van der Waals surface area contributed by atoms with Crippen LogP contribution in [0.25, 0.3) is 0 Å². The maximum absolute atomic E-state index is 12.6. The van der Waals surface area contributed by atoms with E-state index in [0.717, 1.165) is 6.42 Å². The zero-order valence-corrected chi connectivity index (χ0v) is 13.3. The SMILES string of the molecule is CC1OCCC1(C)Nc1c(Cl)cnn(CC2CCC2)c1=O. The summed E-state index contributed by atoms with van der Waals surface area (Å²) in [6.07, 6.45) is 6.08. The van der Waals surface area contributed by atoms with Crippen molar-refractivity contribution in [2.75, 3.05) is 11.9 Å². The van der Waals surface area contributed by atoms with Crippen LogP contribution in [0.1, 0.15) is 39.5 Å². The molecule has 1 aliphatic heterocycles. The van der Waals surface area contributed by atoms with Gasteiger partial charge in [-0.05, 0) is 39.0 Å². The molecule has 1 N–H and O–H groups in total.